The third kappa shape index (κ3) is 2.80. The molecular weight excluding hydrogens is 410 g/mol. The Morgan fingerprint density at radius 3 is 1.88 bits per heavy atom. The Bertz CT molecular complexity index is 1810. The highest BCUT2D eigenvalue weighted by atomic mass is 14.9. The summed E-state index contributed by atoms with van der Waals surface area (Å²) in [5.74, 6) is 0. The first kappa shape index (κ1) is 19.1. The van der Waals surface area contributed by atoms with Crippen LogP contribution in [0.3, 0.4) is 0 Å². The molecule has 1 nitrogen and oxygen atoms in total. The van der Waals surface area contributed by atoms with Crippen LogP contribution < -0.4 is 5.32 Å². The lowest BCUT2D eigenvalue weighted by Gasteiger charge is -2.21. The Labute approximate surface area is 198 Å². The first-order valence-electron chi connectivity index (χ1n) is 11.8. The van der Waals surface area contributed by atoms with Gasteiger partial charge >= 0.3 is 0 Å². The molecule has 7 aromatic rings. The van der Waals surface area contributed by atoms with Gasteiger partial charge in [0, 0.05) is 16.6 Å². The van der Waals surface area contributed by atoms with Gasteiger partial charge in [0.2, 0.25) is 0 Å². The molecule has 0 fully saturated rings. The second-order valence-electron chi connectivity index (χ2n) is 9.14. The van der Waals surface area contributed by atoms with E-state index in [1.165, 1.54) is 59.8 Å². The lowest BCUT2D eigenvalue weighted by atomic mass is 9.86. The van der Waals surface area contributed by atoms with Crippen LogP contribution in [0.2, 0.25) is 0 Å². The van der Waals surface area contributed by atoms with Gasteiger partial charge in [-0.05, 0) is 68.4 Å². The fourth-order valence-corrected chi connectivity index (χ4v) is 5.48. The quantitative estimate of drug-likeness (QED) is 0.216. The number of aryl methyl sites for hydroxylation is 1. The normalized spacial score (nSPS) is 11.7. The summed E-state index contributed by atoms with van der Waals surface area (Å²) in [6.07, 6.45) is 0. The lowest BCUT2D eigenvalue weighted by molar-refractivity contribution is 1.46. The molecule has 0 amide bonds. The van der Waals surface area contributed by atoms with Gasteiger partial charge in [0.25, 0.3) is 0 Å². The van der Waals surface area contributed by atoms with Crippen molar-refractivity contribution in [2.45, 2.75) is 6.92 Å². The van der Waals surface area contributed by atoms with Crippen LogP contribution in [0.1, 0.15) is 5.56 Å². The van der Waals surface area contributed by atoms with E-state index in [0.29, 0.717) is 0 Å². The van der Waals surface area contributed by atoms with E-state index in [9.17, 15) is 0 Å². The second kappa shape index (κ2) is 7.33. The topological polar surface area (TPSA) is 12.0 Å². The maximum absolute atomic E-state index is 3.84. The van der Waals surface area contributed by atoms with Crippen molar-refractivity contribution in [3.8, 4) is 11.1 Å². The van der Waals surface area contributed by atoms with Crippen molar-refractivity contribution < 1.29 is 0 Å². The first-order chi connectivity index (χ1) is 16.8. The Kier molecular flexibility index (Phi) is 4.13. The highest BCUT2D eigenvalue weighted by Crippen LogP contribution is 2.47. The smallest absolute Gasteiger partial charge is 0.0550 e. The molecule has 7 rings (SSSR count). The Hall–Kier alpha value is -4.36. The van der Waals surface area contributed by atoms with Gasteiger partial charge in [0.15, 0.2) is 0 Å². The van der Waals surface area contributed by atoms with Gasteiger partial charge in [-0.3, -0.25) is 0 Å². The molecule has 0 aliphatic heterocycles. The highest BCUT2D eigenvalue weighted by Gasteiger charge is 2.19. The third-order valence-corrected chi connectivity index (χ3v) is 7.04. The summed E-state index contributed by atoms with van der Waals surface area (Å²) >= 11 is 0. The summed E-state index contributed by atoms with van der Waals surface area (Å²) in [6, 6.07) is 41.8. The third-order valence-electron chi connectivity index (χ3n) is 7.04. The van der Waals surface area contributed by atoms with E-state index in [4.69, 9.17) is 0 Å². The van der Waals surface area contributed by atoms with E-state index in [2.05, 4.69) is 128 Å². The molecule has 34 heavy (non-hydrogen) atoms. The van der Waals surface area contributed by atoms with Gasteiger partial charge in [0.05, 0.1) is 5.69 Å². The van der Waals surface area contributed by atoms with Crippen LogP contribution in [0.5, 0.6) is 0 Å². The minimum Gasteiger partial charge on any atom is -0.354 e. The monoisotopic (exact) mass is 433 g/mol. The maximum Gasteiger partial charge on any atom is 0.0550 e. The molecular formula is C33H23N. The van der Waals surface area contributed by atoms with Crippen molar-refractivity contribution >= 4 is 54.5 Å². The van der Waals surface area contributed by atoms with Gasteiger partial charge in [-0.25, -0.2) is 0 Å². The largest absolute Gasteiger partial charge is 0.354 e. The summed E-state index contributed by atoms with van der Waals surface area (Å²) in [7, 11) is 0. The number of anilines is 2. The lowest BCUT2D eigenvalue weighted by Crippen LogP contribution is -1.98. The number of hydrogen-bond donors (Lipinski definition) is 1. The van der Waals surface area contributed by atoms with Crippen molar-refractivity contribution in [3.05, 3.63) is 121 Å². The number of hydrogen-bond acceptors (Lipinski definition) is 1. The second-order valence-corrected chi connectivity index (χ2v) is 9.14. The molecule has 0 saturated heterocycles. The minimum atomic E-state index is 1.10. The summed E-state index contributed by atoms with van der Waals surface area (Å²) in [5.41, 5.74) is 5.96. The van der Waals surface area contributed by atoms with E-state index >= 15 is 0 Å². The number of fused-ring (bicyclic) bond motifs is 2. The Morgan fingerprint density at radius 2 is 1.15 bits per heavy atom. The molecule has 0 aromatic heterocycles. The SMILES string of the molecule is Cc1ccc(Nc2c(-c3ccccc3)cc3cccc4c5cccc6cccc(c2c34)c65)cc1. The summed E-state index contributed by atoms with van der Waals surface area (Å²) < 4.78 is 0. The standard InChI is InChI=1S/C33H23N/c1-21-16-18-25(19-17-21)34-33-29(22-8-3-2-4-9-22)20-24-12-7-14-27-26-13-5-10-23-11-6-15-28(30(23)26)32(33)31(24)27/h2-20,34H,1H3. The first-order valence-corrected chi connectivity index (χ1v) is 11.8. The zero-order chi connectivity index (χ0) is 22.6. The van der Waals surface area contributed by atoms with Crippen LogP contribution >= 0.6 is 0 Å². The van der Waals surface area contributed by atoms with Crippen LogP contribution in [-0.4, -0.2) is 0 Å². The molecule has 0 atom stereocenters. The van der Waals surface area contributed by atoms with Crippen molar-refractivity contribution in [2.75, 3.05) is 5.32 Å². The zero-order valence-corrected chi connectivity index (χ0v) is 19.0. The minimum absolute atomic E-state index is 1.10. The van der Waals surface area contributed by atoms with Crippen molar-refractivity contribution in [1.29, 1.82) is 0 Å². The molecule has 160 valence electrons. The van der Waals surface area contributed by atoms with Crippen LogP contribution in [0.25, 0.3) is 54.2 Å². The van der Waals surface area contributed by atoms with Crippen molar-refractivity contribution in [2.24, 2.45) is 0 Å². The Balaban J connectivity index is 1.71. The number of benzene rings is 7. The molecule has 0 bridgehead atoms. The molecule has 0 saturated carbocycles. The molecule has 1 N–H and O–H groups in total. The Morgan fingerprint density at radius 1 is 0.500 bits per heavy atom. The average Bonchev–Trinajstić information content (AvgIpc) is 2.89. The zero-order valence-electron chi connectivity index (χ0n) is 19.0. The van der Waals surface area contributed by atoms with Crippen LogP contribution in [-0.2, 0) is 0 Å². The van der Waals surface area contributed by atoms with Crippen molar-refractivity contribution in [1.82, 2.24) is 0 Å². The van der Waals surface area contributed by atoms with Gasteiger partial charge in [0.1, 0.15) is 0 Å². The van der Waals surface area contributed by atoms with Gasteiger partial charge in [-0.15, -0.1) is 0 Å². The molecule has 0 spiro atoms. The molecule has 0 aliphatic rings. The van der Waals surface area contributed by atoms with Crippen LogP contribution in [0.4, 0.5) is 11.4 Å². The number of nitrogens with one attached hydrogen (secondary N) is 1. The predicted octanol–water partition coefficient (Wildman–Crippen LogP) is 9.46. The van der Waals surface area contributed by atoms with E-state index in [1.807, 2.05) is 0 Å². The van der Waals surface area contributed by atoms with E-state index in [-0.39, 0.29) is 0 Å². The molecule has 0 radical (unpaired) electrons. The fourth-order valence-electron chi connectivity index (χ4n) is 5.48. The molecule has 0 unspecified atom stereocenters. The number of rotatable bonds is 3. The summed E-state index contributed by atoms with van der Waals surface area (Å²) in [4.78, 5) is 0. The van der Waals surface area contributed by atoms with Crippen LogP contribution in [0, 0.1) is 6.92 Å². The van der Waals surface area contributed by atoms with E-state index in [0.717, 1.165) is 11.4 Å². The molecule has 7 aromatic carbocycles. The predicted molar refractivity (Wildman–Crippen MR) is 148 cm³/mol. The van der Waals surface area contributed by atoms with Gasteiger partial charge in [-0.2, -0.15) is 0 Å². The van der Waals surface area contributed by atoms with E-state index < -0.39 is 0 Å². The van der Waals surface area contributed by atoms with Crippen molar-refractivity contribution in [3.63, 3.8) is 0 Å². The van der Waals surface area contributed by atoms with Gasteiger partial charge < -0.3 is 5.32 Å². The molecule has 1 heteroatoms. The molecule has 0 aliphatic carbocycles. The average molecular weight is 434 g/mol. The van der Waals surface area contributed by atoms with Gasteiger partial charge in [-0.1, -0.05) is 103 Å². The summed E-state index contributed by atoms with van der Waals surface area (Å²) in [5, 5.41) is 14.3. The molecule has 0 heterocycles. The highest BCUT2D eigenvalue weighted by molar-refractivity contribution is 6.36. The van der Waals surface area contributed by atoms with E-state index in [1.54, 1.807) is 0 Å². The van der Waals surface area contributed by atoms with Crippen LogP contribution in [0.15, 0.2) is 115 Å². The fraction of sp³-hybridized carbons (Fsp3) is 0.0303. The maximum atomic E-state index is 3.84. The summed E-state index contributed by atoms with van der Waals surface area (Å²) in [6.45, 7) is 2.13.